The molecule has 0 aliphatic carbocycles. The first-order valence-electron chi connectivity index (χ1n) is 5.52. The molecule has 0 atom stereocenters. The first-order chi connectivity index (χ1) is 8.65. The van der Waals surface area contributed by atoms with Gasteiger partial charge in [0.15, 0.2) is 0 Å². The van der Waals surface area contributed by atoms with Gasteiger partial charge in [-0.1, -0.05) is 35.3 Å². The zero-order valence-corrected chi connectivity index (χ0v) is 10.8. The Kier molecular flexibility index (Phi) is 2.77. The second-order valence-corrected chi connectivity index (χ2v) is 5.04. The minimum absolute atomic E-state index is 0.145. The smallest absolute Gasteiger partial charge is 0.256 e. The van der Waals surface area contributed by atoms with Crippen molar-refractivity contribution < 1.29 is 4.79 Å². The lowest BCUT2D eigenvalue weighted by atomic mass is 10.0. The van der Waals surface area contributed by atoms with E-state index in [2.05, 4.69) is 5.32 Å². The third-order valence-corrected chi connectivity index (χ3v) is 3.64. The Morgan fingerprint density at radius 1 is 1.11 bits per heavy atom. The van der Waals surface area contributed by atoms with Crippen LogP contribution in [-0.4, -0.2) is 5.91 Å². The summed E-state index contributed by atoms with van der Waals surface area (Å²) in [6.45, 7) is 0. The molecule has 4 heteroatoms. The molecule has 1 aliphatic heterocycles. The van der Waals surface area contributed by atoms with E-state index in [1.807, 2.05) is 12.1 Å². The molecule has 0 spiro atoms. The fourth-order valence-electron chi connectivity index (χ4n) is 2.15. The van der Waals surface area contributed by atoms with Crippen LogP contribution in [-0.2, 0) is 6.42 Å². The van der Waals surface area contributed by atoms with Gasteiger partial charge >= 0.3 is 0 Å². The van der Waals surface area contributed by atoms with E-state index < -0.39 is 0 Å². The Labute approximate surface area is 115 Å². The van der Waals surface area contributed by atoms with Crippen LogP contribution in [0.25, 0.3) is 0 Å². The maximum Gasteiger partial charge on any atom is 0.256 e. The van der Waals surface area contributed by atoms with Gasteiger partial charge in [-0.25, -0.2) is 0 Å². The highest BCUT2D eigenvalue weighted by Crippen LogP contribution is 2.31. The molecular weight excluding hydrogens is 269 g/mol. The van der Waals surface area contributed by atoms with Gasteiger partial charge in [-0.05, 0) is 35.4 Å². The van der Waals surface area contributed by atoms with Crippen molar-refractivity contribution in [2.24, 2.45) is 0 Å². The number of carbonyl (C=O) groups is 1. The summed E-state index contributed by atoms with van der Waals surface area (Å²) < 4.78 is 0. The van der Waals surface area contributed by atoms with Gasteiger partial charge in [-0.2, -0.15) is 0 Å². The number of fused-ring (bicyclic) bond motifs is 2. The number of nitrogens with one attached hydrogen (secondary N) is 1. The summed E-state index contributed by atoms with van der Waals surface area (Å²) in [4.78, 5) is 12.1. The van der Waals surface area contributed by atoms with Gasteiger partial charge in [0.05, 0.1) is 0 Å². The summed E-state index contributed by atoms with van der Waals surface area (Å²) in [7, 11) is 0. The molecule has 0 radical (unpaired) electrons. The van der Waals surface area contributed by atoms with Crippen molar-refractivity contribution in [1.29, 1.82) is 0 Å². The van der Waals surface area contributed by atoms with Crippen LogP contribution in [0.4, 0.5) is 5.69 Å². The number of amides is 1. The van der Waals surface area contributed by atoms with E-state index in [4.69, 9.17) is 23.2 Å². The third-order valence-electron chi connectivity index (χ3n) is 3.05. The van der Waals surface area contributed by atoms with Crippen LogP contribution in [0.1, 0.15) is 21.5 Å². The summed E-state index contributed by atoms with van der Waals surface area (Å²) in [5, 5.41) is 4.08. The van der Waals surface area contributed by atoms with Crippen LogP contribution in [0.5, 0.6) is 0 Å². The van der Waals surface area contributed by atoms with Crippen molar-refractivity contribution in [3.63, 3.8) is 0 Å². The molecule has 1 amide bonds. The maximum absolute atomic E-state index is 12.1. The average Bonchev–Trinajstić information content (AvgIpc) is 2.47. The fourth-order valence-corrected chi connectivity index (χ4v) is 2.56. The first-order valence-corrected chi connectivity index (χ1v) is 6.28. The zero-order chi connectivity index (χ0) is 12.7. The van der Waals surface area contributed by atoms with Crippen molar-refractivity contribution in [3.05, 3.63) is 63.1 Å². The molecule has 1 aliphatic rings. The summed E-state index contributed by atoms with van der Waals surface area (Å²) in [6, 6.07) is 10.8. The second kappa shape index (κ2) is 4.30. The van der Waals surface area contributed by atoms with Crippen LogP contribution < -0.4 is 5.32 Å². The minimum atomic E-state index is -0.145. The molecule has 0 saturated carbocycles. The summed E-state index contributed by atoms with van der Waals surface area (Å²) in [5.41, 5.74) is 3.24. The molecular formula is C14H9Cl2NO. The van der Waals surface area contributed by atoms with Gasteiger partial charge in [0.2, 0.25) is 0 Å². The summed E-state index contributed by atoms with van der Waals surface area (Å²) >= 11 is 12.1. The predicted octanol–water partition coefficient (Wildman–Crippen LogP) is 4.15. The fraction of sp³-hybridized carbons (Fsp3) is 0.0714. The molecule has 2 aromatic rings. The molecule has 1 heterocycles. The predicted molar refractivity (Wildman–Crippen MR) is 73.7 cm³/mol. The van der Waals surface area contributed by atoms with E-state index in [0.29, 0.717) is 22.0 Å². The maximum atomic E-state index is 12.1. The van der Waals surface area contributed by atoms with Crippen molar-refractivity contribution in [3.8, 4) is 0 Å². The number of anilines is 1. The molecule has 0 saturated heterocycles. The van der Waals surface area contributed by atoms with Crippen LogP contribution in [0.15, 0.2) is 36.4 Å². The van der Waals surface area contributed by atoms with Crippen molar-refractivity contribution in [2.45, 2.75) is 6.42 Å². The molecule has 0 unspecified atom stereocenters. The zero-order valence-electron chi connectivity index (χ0n) is 9.34. The molecule has 18 heavy (non-hydrogen) atoms. The molecule has 2 nitrogen and oxygen atoms in total. The van der Waals surface area contributed by atoms with Gasteiger partial charge in [0.25, 0.3) is 5.91 Å². The van der Waals surface area contributed by atoms with Gasteiger partial charge < -0.3 is 5.32 Å². The Bertz CT molecular complexity index is 652. The van der Waals surface area contributed by atoms with E-state index in [1.54, 1.807) is 24.3 Å². The number of hydrogen-bond acceptors (Lipinski definition) is 1. The number of hydrogen-bond donors (Lipinski definition) is 1. The summed E-state index contributed by atoms with van der Waals surface area (Å²) in [6.07, 6.45) is 0.625. The van der Waals surface area contributed by atoms with E-state index >= 15 is 0 Å². The van der Waals surface area contributed by atoms with Gasteiger partial charge in [0, 0.05) is 27.7 Å². The lowest BCUT2D eigenvalue weighted by molar-refractivity contribution is 0.102. The van der Waals surface area contributed by atoms with Crippen LogP contribution >= 0.6 is 23.2 Å². The number of benzene rings is 2. The van der Waals surface area contributed by atoms with Gasteiger partial charge in [-0.3, -0.25) is 4.79 Å². The third kappa shape index (κ3) is 1.88. The normalized spacial score (nSPS) is 13.3. The van der Waals surface area contributed by atoms with Gasteiger partial charge in [0.1, 0.15) is 0 Å². The number of rotatable bonds is 0. The molecule has 1 N–H and O–H groups in total. The molecule has 0 bridgehead atoms. The van der Waals surface area contributed by atoms with Crippen LogP contribution in [0.3, 0.4) is 0 Å². The SMILES string of the molecule is O=C1Nc2cc(Cl)ccc2Cc2c(Cl)cccc21. The Balaban J connectivity index is 2.20. The summed E-state index contributed by atoms with van der Waals surface area (Å²) in [5.74, 6) is -0.145. The van der Waals surface area contributed by atoms with E-state index in [9.17, 15) is 4.79 Å². The first kappa shape index (κ1) is 11.6. The highest BCUT2D eigenvalue weighted by atomic mass is 35.5. The minimum Gasteiger partial charge on any atom is -0.322 e. The second-order valence-electron chi connectivity index (χ2n) is 4.20. The Morgan fingerprint density at radius 2 is 1.94 bits per heavy atom. The van der Waals surface area contributed by atoms with E-state index in [1.165, 1.54) is 0 Å². The molecule has 3 rings (SSSR count). The lowest BCUT2D eigenvalue weighted by Gasteiger charge is -2.06. The van der Waals surface area contributed by atoms with Crippen LogP contribution in [0, 0.1) is 0 Å². The lowest BCUT2D eigenvalue weighted by Crippen LogP contribution is -2.11. The van der Waals surface area contributed by atoms with Crippen LogP contribution in [0.2, 0.25) is 10.0 Å². The standard InChI is InChI=1S/C14H9Cl2NO/c15-9-5-4-8-6-11-10(2-1-3-12(11)16)14(18)17-13(8)7-9/h1-5,7H,6H2,(H,17,18). The molecule has 0 fully saturated rings. The Morgan fingerprint density at radius 3 is 2.78 bits per heavy atom. The number of carbonyl (C=O) groups excluding carboxylic acids is 1. The monoisotopic (exact) mass is 277 g/mol. The molecule has 2 aromatic carbocycles. The largest absolute Gasteiger partial charge is 0.322 e. The van der Waals surface area contributed by atoms with Crippen molar-refractivity contribution in [2.75, 3.05) is 5.32 Å². The highest BCUT2D eigenvalue weighted by Gasteiger charge is 2.20. The van der Waals surface area contributed by atoms with Gasteiger partial charge in [-0.15, -0.1) is 0 Å². The van der Waals surface area contributed by atoms with E-state index in [0.717, 1.165) is 16.8 Å². The van der Waals surface area contributed by atoms with E-state index in [-0.39, 0.29) is 5.91 Å². The molecule has 0 aromatic heterocycles. The van der Waals surface area contributed by atoms with Crippen molar-refractivity contribution in [1.82, 2.24) is 0 Å². The topological polar surface area (TPSA) is 29.1 Å². The quantitative estimate of drug-likeness (QED) is 0.770. The van der Waals surface area contributed by atoms with Crippen molar-refractivity contribution >= 4 is 34.8 Å². The Hall–Kier alpha value is -1.51. The molecule has 90 valence electrons. The average molecular weight is 278 g/mol. The number of halogens is 2. The highest BCUT2D eigenvalue weighted by molar-refractivity contribution is 6.32.